The van der Waals surface area contributed by atoms with Crippen molar-refractivity contribution in [3.63, 3.8) is 0 Å². The third kappa shape index (κ3) is 2.85. The van der Waals surface area contributed by atoms with Crippen LogP contribution >= 0.6 is 11.3 Å². The number of anilines is 1. The SMILES string of the molecule is COc1ccc2nc(NC(=O)c3ccc(F)c(F)c3F)sc2c1. The molecule has 1 amide bonds. The molecule has 3 aromatic rings. The summed E-state index contributed by atoms with van der Waals surface area (Å²) in [5.74, 6) is -4.86. The Labute approximate surface area is 132 Å². The topological polar surface area (TPSA) is 51.2 Å². The van der Waals surface area contributed by atoms with E-state index in [9.17, 15) is 18.0 Å². The zero-order chi connectivity index (χ0) is 16.6. The summed E-state index contributed by atoms with van der Waals surface area (Å²) in [5, 5.41) is 2.58. The average Bonchev–Trinajstić information content (AvgIpc) is 2.93. The summed E-state index contributed by atoms with van der Waals surface area (Å²) in [5.41, 5.74) is 0.0256. The first-order chi connectivity index (χ1) is 11.0. The molecule has 0 radical (unpaired) electrons. The second-order valence-corrected chi connectivity index (χ2v) is 5.56. The Kier molecular flexibility index (Phi) is 3.91. The monoisotopic (exact) mass is 338 g/mol. The van der Waals surface area contributed by atoms with Gasteiger partial charge in [-0.25, -0.2) is 18.2 Å². The number of carbonyl (C=O) groups excluding carboxylic acids is 1. The maximum atomic E-state index is 13.6. The van der Waals surface area contributed by atoms with Crippen molar-refractivity contribution in [2.75, 3.05) is 12.4 Å². The van der Waals surface area contributed by atoms with Crippen molar-refractivity contribution >= 4 is 32.6 Å². The Morgan fingerprint density at radius 2 is 1.96 bits per heavy atom. The summed E-state index contributed by atoms with van der Waals surface area (Å²) in [6.07, 6.45) is 0. The van der Waals surface area contributed by atoms with Gasteiger partial charge < -0.3 is 4.74 Å². The smallest absolute Gasteiger partial charge is 0.260 e. The fraction of sp³-hybridized carbons (Fsp3) is 0.0667. The number of ether oxygens (including phenoxy) is 1. The van der Waals surface area contributed by atoms with E-state index in [1.165, 1.54) is 7.11 Å². The minimum Gasteiger partial charge on any atom is -0.497 e. The van der Waals surface area contributed by atoms with Gasteiger partial charge in [-0.2, -0.15) is 0 Å². The Hall–Kier alpha value is -2.61. The number of methoxy groups -OCH3 is 1. The minimum atomic E-state index is -1.69. The highest BCUT2D eigenvalue weighted by atomic mass is 32.1. The first-order valence-corrected chi connectivity index (χ1v) is 7.20. The molecular weight excluding hydrogens is 329 g/mol. The van der Waals surface area contributed by atoms with Crippen molar-refractivity contribution < 1.29 is 22.7 Å². The van der Waals surface area contributed by atoms with Gasteiger partial charge in [0.25, 0.3) is 5.91 Å². The lowest BCUT2D eigenvalue weighted by molar-refractivity contribution is 0.102. The van der Waals surface area contributed by atoms with Crippen LogP contribution in [0.25, 0.3) is 10.2 Å². The lowest BCUT2D eigenvalue weighted by atomic mass is 10.2. The summed E-state index contributed by atoms with van der Waals surface area (Å²) >= 11 is 1.15. The third-order valence-electron chi connectivity index (χ3n) is 3.10. The number of hydrogen-bond donors (Lipinski definition) is 1. The normalized spacial score (nSPS) is 10.8. The number of rotatable bonds is 3. The zero-order valence-electron chi connectivity index (χ0n) is 11.7. The van der Waals surface area contributed by atoms with E-state index in [0.29, 0.717) is 17.3 Å². The summed E-state index contributed by atoms with van der Waals surface area (Å²) in [4.78, 5) is 16.2. The molecule has 0 aliphatic heterocycles. The second-order valence-electron chi connectivity index (χ2n) is 4.53. The largest absolute Gasteiger partial charge is 0.497 e. The van der Waals surface area contributed by atoms with E-state index in [2.05, 4.69) is 10.3 Å². The van der Waals surface area contributed by atoms with Crippen LogP contribution in [0.3, 0.4) is 0 Å². The highest BCUT2D eigenvalue weighted by Gasteiger charge is 2.19. The minimum absolute atomic E-state index is 0.211. The zero-order valence-corrected chi connectivity index (χ0v) is 12.5. The summed E-state index contributed by atoms with van der Waals surface area (Å²) in [6, 6.07) is 6.72. The molecule has 0 saturated heterocycles. The van der Waals surface area contributed by atoms with Crippen LogP contribution in [0, 0.1) is 17.5 Å². The van der Waals surface area contributed by atoms with Gasteiger partial charge in [-0.05, 0) is 30.3 Å². The molecule has 118 valence electrons. The highest BCUT2D eigenvalue weighted by Crippen LogP contribution is 2.29. The second kappa shape index (κ2) is 5.88. The van der Waals surface area contributed by atoms with Crippen LogP contribution in [0.15, 0.2) is 30.3 Å². The molecule has 0 aliphatic carbocycles. The number of thiazole rings is 1. The molecule has 0 bridgehead atoms. The number of halogens is 3. The molecule has 23 heavy (non-hydrogen) atoms. The summed E-state index contributed by atoms with van der Waals surface area (Å²) < 4.78 is 45.5. The number of fused-ring (bicyclic) bond motifs is 1. The molecule has 1 N–H and O–H groups in total. The molecule has 0 aliphatic rings. The van der Waals surface area contributed by atoms with Gasteiger partial charge in [0, 0.05) is 0 Å². The van der Waals surface area contributed by atoms with Crippen LogP contribution < -0.4 is 10.1 Å². The van der Waals surface area contributed by atoms with E-state index in [4.69, 9.17) is 4.74 Å². The number of nitrogens with one attached hydrogen (secondary N) is 1. The maximum absolute atomic E-state index is 13.6. The molecular formula is C15H9F3N2O2S. The van der Waals surface area contributed by atoms with Crippen LogP contribution in [0.4, 0.5) is 18.3 Å². The number of carbonyl (C=O) groups is 1. The van der Waals surface area contributed by atoms with Crippen LogP contribution in [0.2, 0.25) is 0 Å². The molecule has 3 rings (SSSR count). The molecule has 0 unspecified atom stereocenters. The van der Waals surface area contributed by atoms with Gasteiger partial charge >= 0.3 is 0 Å². The Bertz CT molecular complexity index is 911. The molecule has 0 atom stereocenters. The highest BCUT2D eigenvalue weighted by molar-refractivity contribution is 7.22. The van der Waals surface area contributed by atoms with E-state index in [-0.39, 0.29) is 5.13 Å². The summed E-state index contributed by atoms with van der Waals surface area (Å²) in [6.45, 7) is 0. The first kappa shape index (κ1) is 15.3. The quantitative estimate of drug-likeness (QED) is 0.735. The van der Waals surface area contributed by atoms with Gasteiger partial charge in [-0.3, -0.25) is 10.1 Å². The van der Waals surface area contributed by atoms with Gasteiger partial charge in [-0.1, -0.05) is 11.3 Å². The fourth-order valence-corrected chi connectivity index (χ4v) is 2.84. The van der Waals surface area contributed by atoms with Gasteiger partial charge in [0.15, 0.2) is 22.6 Å². The average molecular weight is 338 g/mol. The van der Waals surface area contributed by atoms with Gasteiger partial charge in [0.1, 0.15) is 5.75 Å². The first-order valence-electron chi connectivity index (χ1n) is 6.39. The van der Waals surface area contributed by atoms with Crippen LogP contribution in [-0.2, 0) is 0 Å². The van der Waals surface area contributed by atoms with E-state index < -0.39 is 28.9 Å². The van der Waals surface area contributed by atoms with Crippen LogP contribution in [-0.4, -0.2) is 18.0 Å². The molecule has 0 saturated carbocycles. The number of nitrogens with zero attached hydrogens (tertiary/aromatic N) is 1. The van der Waals surface area contributed by atoms with E-state index >= 15 is 0 Å². The predicted molar refractivity (Wildman–Crippen MR) is 80.4 cm³/mol. The van der Waals surface area contributed by atoms with Gasteiger partial charge in [0.2, 0.25) is 0 Å². The van der Waals surface area contributed by atoms with Crippen LogP contribution in [0.5, 0.6) is 5.75 Å². The van der Waals surface area contributed by atoms with E-state index in [0.717, 1.165) is 22.1 Å². The molecule has 1 heterocycles. The van der Waals surface area contributed by atoms with Gasteiger partial charge in [0.05, 0.1) is 22.9 Å². The Morgan fingerprint density at radius 3 is 2.70 bits per heavy atom. The number of aromatic nitrogens is 1. The number of amides is 1. The number of benzene rings is 2. The molecule has 8 heteroatoms. The van der Waals surface area contributed by atoms with Crippen LogP contribution in [0.1, 0.15) is 10.4 Å². The van der Waals surface area contributed by atoms with Crippen molar-refractivity contribution in [3.8, 4) is 5.75 Å². The Morgan fingerprint density at radius 1 is 1.17 bits per heavy atom. The maximum Gasteiger partial charge on any atom is 0.260 e. The lowest BCUT2D eigenvalue weighted by Crippen LogP contribution is -2.15. The molecule has 2 aromatic carbocycles. The van der Waals surface area contributed by atoms with Crippen molar-refractivity contribution in [3.05, 3.63) is 53.3 Å². The van der Waals surface area contributed by atoms with E-state index in [1.807, 2.05) is 0 Å². The molecule has 0 spiro atoms. The fourth-order valence-electron chi connectivity index (χ4n) is 1.95. The Balaban J connectivity index is 1.90. The standard InChI is InChI=1S/C15H9F3N2O2S/c1-22-7-2-5-10-11(6-7)23-15(19-10)20-14(21)8-3-4-9(16)13(18)12(8)17/h2-6H,1H3,(H,19,20,21). The van der Waals surface area contributed by atoms with Crippen molar-refractivity contribution in [1.29, 1.82) is 0 Å². The molecule has 4 nitrogen and oxygen atoms in total. The van der Waals surface area contributed by atoms with E-state index in [1.54, 1.807) is 18.2 Å². The van der Waals surface area contributed by atoms with Gasteiger partial charge in [-0.15, -0.1) is 0 Å². The summed E-state index contributed by atoms with van der Waals surface area (Å²) in [7, 11) is 1.52. The lowest BCUT2D eigenvalue weighted by Gasteiger charge is -2.04. The predicted octanol–water partition coefficient (Wildman–Crippen LogP) is 3.97. The molecule has 1 aromatic heterocycles. The van der Waals surface area contributed by atoms with Crippen molar-refractivity contribution in [2.45, 2.75) is 0 Å². The molecule has 0 fully saturated rings. The third-order valence-corrected chi connectivity index (χ3v) is 4.03. The van der Waals surface area contributed by atoms with Crippen molar-refractivity contribution in [1.82, 2.24) is 4.98 Å². The van der Waals surface area contributed by atoms with Crippen molar-refractivity contribution in [2.24, 2.45) is 0 Å². The number of hydrogen-bond acceptors (Lipinski definition) is 4.